The van der Waals surface area contributed by atoms with Crippen LogP contribution >= 0.6 is 0 Å². The van der Waals surface area contributed by atoms with E-state index in [9.17, 15) is 9.59 Å². The minimum Gasteiger partial charge on any atom is -0.466 e. The van der Waals surface area contributed by atoms with Crippen molar-refractivity contribution in [3.8, 4) is 0 Å². The molecule has 1 aliphatic heterocycles. The van der Waals surface area contributed by atoms with Gasteiger partial charge < -0.3 is 15.0 Å². The summed E-state index contributed by atoms with van der Waals surface area (Å²) in [5.74, 6) is -0.203. The van der Waals surface area contributed by atoms with Crippen molar-refractivity contribution in [2.45, 2.75) is 32.7 Å². The number of likely N-dealkylation sites (tertiary alicyclic amines) is 1. The molecule has 122 valence electrons. The highest BCUT2D eigenvalue weighted by Gasteiger charge is 2.27. The predicted molar refractivity (Wildman–Crippen MR) is 81.2 cm³/mol. The van der Waals surface area contributed by atoms with Crippen LogP contribution < -0.4 is 5.32 Å². The van der Waals surface area contributed by atoms with Crippen LogP contribution in [0.2, 0.25) is 0 Å². The predicted octanol–water partition coefficient (Wildman–Crippen LogP) is 1.26. The molecule has 1 fully saturated rings. The van der Waals surface area contributed by atoms with E-state index in [0.717, 1.165) is 13.0 Å². The number of rotatable bonds is 6. The Bertz CT molecular complexity index is 467. The number of esters is 1. The van der Waals surface area contributed by atoms with E-state index in [0.29, 0.717) is 39.1 Å². The fraction of sp³-hybridized carbons (Fsp3) is 0.667. The van der Waals surface area contributed by atoms with Gasteiger partial charge in [-0.2, -0.15) is 5.10 Å². The van der Waals surface area contributed by atoms with Crippen molar-refractivity contribution >= 4 is 12.0 Å². The van der Waals surface area contributed by atoms with E-state index >= 15 is 0 Å². The third-order valence-electron chi connectivity index (χ3n) is 3.80. The lowest BCUT2D eigenvalue weighted by Gasteiger charge is -2.30. The third-order valence-corrected chi connectivity index (χ3v) is 3.80. The normalized spacial score (nSPS) is 15.6. The number of aromatic nitrogens is 2. The molecule has 0 radical (unpaired) electrons. The number of carbonyl (C=O) groups excluding carboxylic acids is 2. The molecule has 1 aromatic heterocycles. The van der Waals surface area contributed by atoms with E-state index in [1.54, 1.807) is 11.1 Å². The van der Waals surface area contributed by atoms with Crippen molar-refractivity contribution < 1.29 is 14.3 Å². The molecule has 0 bridgehead atoms. The number of aryl methyl sites for hydroxylation is 1. The number of hydrogen-bond donors (Lipinski definition) is 1. The molecule has 1 saturated heterocycles. The Balaban J connectivity index is 1.61. The first kappa shape index (κ1) is 16.3. The Kier molecular flexibility index (Phi) is 6.24. The third kappa shape index (κ3) is 4.75. The van der Waals surface area contributed by atoms with E-state index in [2.05, 4.69) is 10.4 Å². The van der Waals surface area contributed by atoms with Crippen molar-refractivity contribution in [3.63, 3.8) is 0 Å². The van der Waals surface area contributed by atoms with Crippen LogP contribution in [-0.2, 0) is 16.1 Å². The first-order chi connectivity index (χ1) is 10.7. The van der Waals surface area contributed by atoms with Crippen molar-refractivity contribution in [3.05, 3.63) is 18.5 Å². The molecule has 1 aliphatic rings. The van der Waals surface area contributed by atoms with Crippen LogP contribution in [-0.4, -0.2) is 52.9 Å². The molecule has 22 heavy (non-hydrogen) atoms. The second kappa shape index (κ2) is 8.41. The maximum atomic E-state index is 12.0. The molecule has 7 heteroatoms. The van der Waals surface area contributed by atoms with Gasteiger partial charge in [-0.05, 0) is 32.3 Å². The number of nitrogens with one attached hydrogen (secondary N) is 1. The summed E-state index contributed by atoms with van der Waals surface area (Å²) in [6, 6.07) is 1.83. The van der Waals surface area contributed by atoms with Gasteiger partial charge in [0.25, 0.3) is 0 Å². The Morgan fingerprint density at radius 2 is 2.14 bits per heavy atom. The van der Waals surface area contributed by atoms with Gasteiger partial charge in [0.1, 0.15) is 0 Å². The number of ether oxygens (including phenoxy) is 1. The fourth-order valence-corrected chi connectivity index (χ4v) is 2.56. The van der Waals surface area contributed by atoms with Gasteiger partial charge in [0.2, 0.25) is 0 Å². The first-order valence-electron chi connectivity index (χ1n) is 7.87. The zero-order chi connectivity index (χ0) is 15.8. The average molecular weight is 308 g/mol. The first-order valence-corrected chi connectivity index (χ1v) is 7.87. The van der Waals surface area contributed by atoms with Gasteiger partial charge in [-0.25, -0.2) is 4.79 Å². The van der Waals surface area contributed by atoms with Gasteiger partial charge in [0, 0.05) is 38.6 Å². The van der Waals surface area contributed by atoms with E-state index in [1.165, 1.54) is 0 Å². The van der Waals surface area contributed by atoms with E-state index in [-0.39, 0.29) is 17.9 Å². The molecule has 1 N–H and O–H groups in total. The second-order valence-electron chi connectivity index (χ2n) is 5.37. The summed E-state index contributed by atoms with van der Waals surface area (Å²) in [7, 11) is 0. The molecular formula is C15H24N4O3. The minimum atomic E-state index is -0.137. The van der Waals surface area contributed by atoms with Crippen LogP contribution in [0, 0.1) is 5.92 Å². The van der Waals surface area contributed by atoms with E-state index in [4.69, 9.17) is 4.74 Å². The highest BCUT2D eigenvalue weighted by Crippen LogP contribution is 2.18. The van der Waals surface area contributed by atoms with Gasteiger partial charge in [0.15, 0.2) is 0 Å². The molecule has 0 aliphatic carbocycles. The van der Waals surface area contributed by atoms with Crippen molar-refractivity contribution in [1.29, 1.82) is 0 Å². The Morgan fingerprint density at radius 3 is 2.77 bits per heavy atom. The molecule has 0 atom stereocenters. The standard InChI is InChI=1S/C15H24N4O3/c1-2-22-14(20)13-5-11-18(12-6-13)15(21)16-7-3-9-19-10-4-8-17-19/h4,8,10,13H,2-3,5-7,9,11-12H2,1H3,(H,16,21). The lowest BCUT2D eigenvalue weighted by Crippen LogP contribution is -2.46. The molecule has 0 unspecified atom stereocenters. The zero-order valence-corrected chi connectivity index (χ0v) is 13.0. The van der Waals surface area contributed by atoms with Crippen LogP contribution in [0.1, 0.15) is 26.2 Å². The van der Waals surface area contributed by atoms with Crippen LogP contribution in [0.3, 0.4) is 0 Å². The van der Waals surface area contributed by atoms with Crippen LogP contribution in [0.15, 0.2) is 18.5 Å². The quantitative estimate of drug-likeness (QED) is 0.634. The Hall–Kier alpha value is -2.05. The number of nitrogens with zero attached hydrogens (tertiary/aromatic N) is 3. The SMILES string of the molecule is CCOC(=O)C1CCN(C(=O)NCCCn2cccn2)CC1. The highest BCUT2D eigenvalue weighted by molar-refractivity contribution is 5.76. The minimum absolute atomic E-state index is 0.0530. The van der Waals surface area contributed by atoms with Gasteiger partial charge in [-0.1, -0.05) is 0 Å². The maximum absolute atomic E-state index is 12.0. The molecule has 1 aromatic rings. The maximum Gasteiger partial charge on any atom is 0.317 e. The molecule has 2 amide bonds. The monoisotopic (exact) mass is 308 g/mol. The number of piperidine rings is 1. The molecule has 2 rings (SSSR count). The summed E-state index contributed by atoms with van der Waals surface area (Å²) < 4.78 is 6.87. The highest BCUT2D eigenvalue weighted by atomic mass is 16.5. The van der Waals surface area contributed by atoms with Gasteiger partial charge in [-0.15, -0.1) is 0 Å². The average Bonchev–Trinajstić information content (AvgIpc) is 3.05. The van der Waals surface area contributed by atoms with Crippen LogP contribution in [0.4, 0.5) is 4.79 Å². The molecular weight excluding hydrogens is 284 g/mol. The lowest BCUT2D eigenvalue weighted by molar-refractivity contribution is -0.149. The lowest BCUT2D eigenvalue weighted by atomic mass is 9.97. The summed E-state index contributed by atoms with van der Waals surface area (Å²) in [6.07, 6.45) is 5.85. The van der Waals surface area contributed by atoms with Crippen molar-refractivity contribution in [2.24, 2.45) is 5.92 Å². The summed E-state index contributed by atoms with van der Waals surface area (Å²) in [5.41, 5.74) is 0. The molecule has 0 saturated carbocycles. The van der Waals surface area contributed by atoms with Crippen molar-refractivity contribution in [2.75, 3.05) is 26.2 Å². The molecule has 7 nitrogen and oxygen atoms in total. The van der Waals surface area contributed by atoms with Crippen LogP contribution in [0.5, 0.6) is 0 Å². The number of hydrogen-bond acceptors (Lipinski definition) is 4. The topological polar surface area (TPSA) is 76.5 Å². The Morgan fingerprint density at radius 1 is 1.36 bits per heavy atom. The zero-order valence-electron chi connectivity index (χ0n) is 13.0. The molecule has 0 aromatic carbocycles. The fourth-order valence-electron chi connectivity index (χ4n) is 2.56. The summed E-state index contributed by atoms with van der Waals surface area (Å²) in [5, 5.41) is 7.03. The van der Waals surface area contributed by atoms with Gasteiger partial charge in [-0.3, -0.25) is 9.48 Å². The summed E-state index contributed by atoms with van der Waals surface area (Å²) >= 11 is 0. The second-order valence-corrected chi connectivity index (χ2v) is 5.37. The summed E-state index contributed by atoms with van der Waals surface area (Å²) in [6.45, 7) is 4.84. The van der Waals surface area contributed by atoms with Crippen molar-refractivity contribution in [1.82, 2.24) is 20.0 Å². The summed E-state index contributed by atoms with van der Waals surface area (Å²) in [4.78, 5) is 25.5. The van der Waals surface area contributed by atoms with E-state index in [1.807, 2.05) is 23.9 Å². The molecule has 0 spiro atoms. The van der Waals surface area contributed by atoms with Gasteiger partial charge in [0.05, 0.1) is 12.5 Å². The largest absolute Gasteiger partial charge is 0.466 e. The van der Waals surface area contributed by atoms with Crippen LogP contribution in [0.25, 0.3) is 0 Å². The number of carbonyl (C=O) groups is 2. The number of amides is 2. The Labute approximate surface area is 130 Å². The smallest absolute Gasteiger partial charge is 0.317 e. The van der Waals surface area contributed by atoms with E-state index < -0.39 is 0 Å². The molecule has 2 heterocycles. The number of urea groups is 1. The van der Waals surface area contributed by atoms with Gasteiger partial charge >= 0.3 is 12.0 Å².